The van der Waals surface area contributed by atoms with Crippen LogP contribution in [0.25, 0.3) is 0 Å². The first-order valence-electron chi connectivity index (χ1n) is 6.38. The first-order chi connectivity index (χ1) is 7.83. The van der Waals surface area contributed by atoms with Crippen molar-refractivity contribution in [2.75, 3.05) is 0 Å². The van der Waals surface area contributed by atoms with E-state index in [-0.39, 0.29) is 6.04 Å². The number of nitrogens with two attached hydrogens (primary N) is 1. The van der Waals surface area contributed by atoms with E-state index >= 15 is 0 Å². The Kier molecular flexibility index (Phi) is 4.77. The van der Waals surface area contributed by atoms with Crippen LogP contribution in [-0.2, 0) is 0 Å². The molecule has 0 aliphatic rings. The largest absolute Gasteiger partial charge is 0.544 e. The highest BCUT2D eigenvalue weighted by Gasteiger charge is 2.17. The molecule has 0 aromatic heterocycles. The summed E-state index contributed by atoms with van der Waals surface area (Å²) >= 11 is 0. The van der Waals surface area contributed by atoms with Gasteiger partial charge in [-0.05, 0) is 43.3 Å². The summed E-state index contributed by atoms with van der Waals surface area (Å²) in [5.41, 5.74) is 7.39. The smallest absolute Gasteiger partial charge is 0.242 e. The van der Waals surface area contributed by atoms with E-state index in [9.17, 15) is 0 Å². The second kappa shape index (κ2) is 5.69. The lowest BCUT2D eigenvalue weighted by Gasteiger charge is -2.21. The van der Waals surface area contributed by atoms with E-state index in [1.807, 2.05) is 12.1 Å². The Morgan fingerprint density at radius 3 is 2.12 bits per heavy atom. The molecule has 96 valence electrons. The van der Waals surface area contributed by atoms with Gasteiger partial charge in [0.2, 0.25) is 8.32 Å². The maximum absolute atomic E-state index is 6.19. The molecule has 3 heteroatoms. The van der Waals surface area contributed by atoms with Crippen molar-refractivity contribution in [1.29, 1.82) is 0 Å². The van der Waals surface area contributed by atoms with Crippen molar-refractivity contribution >= 4 is 8.32 Å². The highest BCUT2D eigenvalue weighted by atomic mass is 28.4. The van der Waals surface area contributed by atoms with Crippen LogP contribution in [0, 0.1) is 5.92 Å². The molecule has 0 amide bonds. The minimum Gasteiger partial charge on any atom is -0.544 e. The highest BCUT2D eigenvalue weighted by Crippen LogP contribution is 2.24. The lowest BCUT2D eigenvalue weighted by molar-refractivity contribution is 0.456. The molecule has 1 unspecified atom stereocenters. The minimum absolute atomic E-state index is 0.126. The van der Waals surface area contributed by atoms with Crippen molar-refractivity contribution in [2.45, 2.75) is 46.0 Å². The third kappa shape index (κ3) is 4.52. The van der Waals surface area contributed by atoms with Gasteiger partial charge in [-0.1, -0.05) is 32.4 Å². The SMILES string of the molecule is CCC(C)[C@@H](N)c1ccc(O[Si](C)(C)C)cc1. The van der Waals surface area contributed by atoms with Gasteiger partial charge in [0.25, 0.3) is 0 Å². The highest BCUT2D eigenvalue weighted by molar-refractivity contribution is 6.70. The summed E-state index contributed by atoms with van der Waals surface area (Å²) in [6, 6.07) is 8.38. The van der Waals surface area contributed by atoms with Crippen LogP contribution in [0.15, 0.2) is 24.3 Å². The maximum atomic E-state index is 6.19. The monoisotopic (exact) mass is 251 g/mol. The summed E-state index contributed by atoms with van der Waals surface area (Å²) in [6.07, 6.45) is 1.11. The molecule has 0 aliphatic carbocycles. The zero-order valence-electron chi connectivity index (χ0n) is 11.7. The molecule has 0 fully saturated rings. The molecule has 1 aromatic rings. The van der Waals surface area contributed by atoms with Crippen LogP contribution < -0.4 is 10.2 Å². The number of hydrogen-bond acceptors (Lipinski definition) is 2. The zero-order valence-corrected chi connectivity index (χ0v) is 12.7. The normalized spacial score (nSPS) is 15.4. The second-order valence-electron chi connectivity index (χ2n) is 5.69. The van der Waals surface area contributed by atoms with Crippen molar-refractivity contribution in [2.24, 2.45) is 11.7 Å². The summed E-state index contributed by atoms with van der Waals surface area (Å²) in [6.45, 7) is 10.9. The average Bonchev–Trinajstić information content (AvgIpc) is 2.26. The summed E-state index contributed by atoms with van der Waals surface area (Å²) in [7, 11) is -1.50. The fraction of sp³-hybridized carbons (Fsp3) is 0.571. The number of benzene rings is 1. The van der Waals surface area contributed by atoms with E-state index in [1.54, 1.807) is 0 Å². The molecule has 17 heavy (non-hydrogen) atoms. The van der Waals surface area contributed by atoms with Crippen molar-refractivity contribution in [1.82, 2.24) is 0 Å². The summed E-state index contributed by atoms with van der Waals surface area (Å²) < 4.78 is 5.92. The molecular formula is C14H25NOSi. The Hall–Kier alpha value is -0.803. The van der Waals surface area contributed by atoms with Crippen LogP contribution in [0.3, 0.4) is 0 Å². The molecule has 2 N–H and O–H groups in total. The van der Waals surface area contributed by atoms with Gasteiger partial charge in [-0.3, -0.25) is 0 Å². The molecule has 2 atom stereocenters. The van der Waals surface area contributed by atoms with Crippen molar-refractivity contribution in [3.63, 3.8) is 0 Å². The van der Waals surface area contributed by atoms with E-state index in [0.717, 1.165) is 12.2 Å². The van der Waals surface area contributed by atoms with E-state index in [0.29, 0.717) is 5.92 Å². The fourth-order valence-corrected chi connectivity index (χ4v) is 2.54. The lowest BCUT2D eigenvalue weighted by atomic mass is 9.93. The second-order valence-corrected chi connectivity index (χ2v) is 10.1. The van der Waals surface area contributed by atoms with Crippen LogP contribution in [0.2, 0.25) is 19.6 Å². The Labute approximate surface area is 106 Å². The molecule has 1 rings (SSSR count). The molecule has 0 radical (unpaired) electrons. The molecular weight excluding hydrogens is 226 g/mol. The molecule has 0 bridgehead atoms. The number of rotatable bonds is 5. The summed E-state index contributed by atoms with van der Waals surface area (Å²) in [4.78, 5) is 0. The molecule has 0 saturated heterocycles. The predicted molar refractivity (Wildman–Crippen MR) is 76.8 cm³/mol. The minimum atomic E-state index is -1.50. The van der Waals surface area contributed by atoms with Crippen LogP contribution in [-0.4, -0.2) is 8.32 Å². The van der Waals surface area contributed by atoms with Crippen molar-refractivity contribution in [3.05, 3.63) is 29.8 Å². The Bertz CT molecular complexity index is 342. The molecule has 1 aromatic carbocycles. The Morgan fingerprint density at radius 2 is 1.71 bits per heavy atom. The Morgan fingerprint density at radius 1 is 1.18 bits per heavy atom. The molecule has 0 saturated carbocycles. The van der Waals surface area contributed by atoms with E-state index < -0.39 is 8.32 Å². The van der Waals surface area contributed by atoms with Gasteiger partial charge in [0, 0.05) is 6.04 Å². The first kappa shape index (κ1) is 14.3. The van der Waals surface area contributed by atoms with E-state index in [2.05, 4.69) is 45.6 Å². The van der Waals surface area contributed by atoms with Gasteiger partial charge in [0.1, 0.15) is 5.75 Å². The maximum Gasteiger partial charge on any atom is 0.242 e. The van der Waals surface area contributed by atoms with Crippen molar-refractivity contribution < 1.29 is 4.43 Å². The summed E-state index contributed by atoms with van der Waals surface area (Å²) in [5, 5.41) is 0. The van der Waals surface area contributed by atoms with Gasteiger partial charge in [0.15, 0.2) is 0 Å². The lowest BCUT2D eigenvalue weighted by Crippen LogP contribution is -2.29. The van der Waals surface area contributed by atoms with Gasteiger partial charge < -0.3 is 10.2 Å². The van der Waals surface area contributed by atoms with E-state index in [1.165, 1.54) is 5.56 Å². The fourth-order valence-electron chi connectivity index (χ4n) is 1.69. The van der Waals surface area contributed by atoms with Gasteiger partial charge >= 0.3 is 0 Å². The average molecular weight is 251 g/mol. The summed E-state index contributed by atoms with van der Waals surface area (Å²) in [5.74, 6) is 1.48. The molecule has 0 heterocycles. The third-order valence-corrected chi connectivity index (χ3v) is 3.79. The van der Waals surface area contributed by atoms with Crippen LogP contribution in [0.5, 0.6) is 5.75 Å². The molecule has 0 spiro atoms. The predicted octanol–water partition coefficient (Wildman–Crippen LogP) is 3.95. The molecule has 2 nitrogen and oxygen atoms in total. The van der Waals surface area contributed by atoms with Crippen LogP contribution in [0.4, 0.5) is 0 Å². The topological polar surface area (TPSA) is 35.2 Å². The third-order valence-electron chi connectivity index (χ3n) is 2.95. The van der Waals surface area contributed by atoms with E-state index in [4.69, 9.17) is 10.2 Å². The van der Waals surface area contributed by atoms with Gasteiger partial charge in [-0.15, -0.1) is 0 Å². The van der Waals surface area contributed by atoms with Crippen LogP contribution in [0.1, 0.15) is 31.9 Å². The Balaban J connectivity index is 2.74. The van der Waals surface area contributed by atoms with Gasteiger partial charge in [-0.25, -0.2) is 0 Å². The standard InChI is InChI=1S/C14H25NOSi/c1-6-11(2)14(15)12-7-9-13(10-8-12)16-17(3,4)5/h7-11,14H,6,15H2,1-5H3/t11?,14-/m1/s1. The van der Waals surface area contributed by atoms with Crippen molar-refractivity contribution in [3.8, 4) is 5.75 Å². The van der Waals surface area contributed by atoms with Gasteiger partial charge in [0.05, 0.1) is 0 Å². The zero-order chi connectivity index (χ0) is 13.1. The van der Waals surface area contributed by atoms with Gasteiger partial charge in [-0.2, -0.15) is 0 Å². The first-order valence-corrected chi connectivity index (χ1v) is 9.79. The van der Waals surface area contributed by atoms with Crippen LogP contribution >= 0.6 is 0 Å². The number of hydrogen-bond donors (Lipinski definition) is 1. The molecule has 0 aliphatic heterocycles. The quantitative estimate of drug-likeness (QED) is 0.804.